The van der Waals surface area contributed by atoms with Crippen LogP contribution in [0.2, 0.25) is 0 Å². The zero-order valence-corrected chi connectivity index (χ0v) is 30.5. The fourth-order valence-corrected chi connectivity index (χ4v) is 7.12. The lowest BCUT2D eigenvalue weighted by molar-refractivity contribution is -0.123. The summed E-state index contributed by atoms with van der Waals surface area (Å²) >= 11 is 14.3. The normalized spacial score (nSPS) is 11.8. The summed E-state index contributed by atoms with van der Waals surface area (Å²) in [6, 6.07) is 7.74. The molecule has 240 valence electrons. The van der Waals surface area contributed by atoms with Crippen molar-refractivity contribution in [2.45, 2.75) is 19.3 Å². The van der Waals surface area contributed by atoms with Crippen molar-refractivity contribution in [1.82, 2.24) is 9.80 Å². The number of benzene rings is 2. The van der Waals surface area contributed by atoms with Crippen LogP contribution < -0.4 is 9.47 Å². The number of carbonyl (C=O) groups is 2. The molecule has 0 fully saturated rings. The topological polar surface area (TPSA) is 140 Å². The Balaban J connectivity index is 2.15. The van der Waals surface area contributed by atoms with Gasteiger partial charge in [-0.2, -0.15) is 0 Å². The van der Waals surface area contributed by atoms with E-state index in [1.165, 1.54) is 0 Å². The minimum Gasteiger partial charge on any atom is -0.483 e. The molecule has 0 aliphatic heterocycles. The Kier molecular flexibility index (Phi) is 16.8. The van der Waals surface area contributed by atoms with Gasteiger partial charge in [-0.3, -0.25) is 19.4 Å². The summed E-state index contributed by atoms with van der Waals surface area (Å²) in [4.78, 5) is 28.3. The minimum atomic E-state index is -0.483. The van der Waals surface area contributed by atoms with Crippen molar-refractivity contribution in [3.05, 3.63) is 53.3 Å². The Labute approximate surface area is 285 Å². The number of hydrogen-bond donors (Lipinski definition) is 4. The third kappa shape index (κ3) is 11.7. The monoisotopic (exact) mass is 858 g/mol. The Morgan fingerprint density at radius 1 is 0.628 bits per heavy atom. The molecule has 0 radical (unpaired) electrons. The molecule has 0 saturated heterocycles. The van der Waals surface area contributed by atoms with Crippen LogP contribution in [0.15, 0.2) is 42.2 Å². The fraction of sp³-hybridized carbons (Fsp3) is 0.517. The van der Waals surface area contributed by atoms with Gasteiger partial charge in [0.25, 0.3) is 0 Å². The van der Waals surface area contributed by atoms with Gasteiger partial charge in [0.1, 0.15) is 24.7 Å². The van der Waals surface area contributed by atoms with Gasteiger partial charge in [-0.25, -0.2) is 0 Å². The van der Waals surface area contributed by atoms with Gasteiger partial charge < -0.3 is 29.9 Å². The molecular formula is C29H38Br4N2O8. The highest BCUT2D eigenvalue weighted by Crippen LogP contribution is 2.44. The van der Waals surface area contributed by atoms with Gasteiger partial charge >= 0.3 is 0 Å². The fourth-order valence-electron chi connectivity index (χ4n) is 4.28. The summed E-state index contributed by atoms with van der Waals surface area (Å²) in [7, 11) is 0. The number of carbonyl (C=O) groups excluding carboxylic acids is 2. The van der Waals surface area contributed by atoms with Gasteiger partial charge in [0, 0.05) is 31.6 Å². The maximum absolute atomic E-state index is 12.5. The van der Waals surface area contributed by atoms with E-state index in [0.717, 1.165) is 11.1 Å². The van der Waals surface area contributed by atoms with Crippen molar-refractivity contribution < 1.29 is 39.5 Å². The van der Waals surface area contributed by atoms with E-state index in [1.807, 2.05) is 24.3 Å². The van der Waals surface area contributed by atoms with Crippen LogP contribution in [0.25, 0.3) is 0 Å². The Morgan fingerprint density at radius 3 is 1.16 bits per heavy atom. The first-order valence-corrected chi connectivity index (χ1v) is 16.7. The largest absolute Gasteiger partial charge is 0.483 e. The van der Waals surface area contributed by atoms with E-state index >= 15 is 0 Å². The summed E-state index contributed by atoms with van der Waals surface area (Å²) in [5, 5.41) is 36.6. The predicted octanol–water partition coefficient (Wildman–Crippen LogP) is 3.53. The number of rotatable bonds is 20. The van der Waals surface area contributed by atoms with E-state index in [9.17, 15) is 9.59 Å². The lowest BCUT2D eigenvalue weighted by Gasteiger charge is -2.28. The summed E-state index contributed by atoms with van der Waals surface area (Å²) in [6.07, 6.45) is 0. The van der Waals surface area contributed by atoms with E-state index in [2.05, 4.69) is 77.6 Å². The molecule has 0 unspecified atom stereocenters. The van der Waals surface area contributed by atoms with Crippen molar-refractivity contribution in [3.8, 4) is 11.5 Å². The zero-order valence-electron chi connectivity index (χ0n) is 24.1. The summed E-state index contributed by atoms with van der Waals surface area (Å²) in [6.45, 7) is 4.63. The van der Waals surface area contributed by atoms with E-state index in [0.29, 0.717) is 29.4 Å². The Morgan fingerprint density at radius 2 is 0.907 bits per heavy atom. The first kappa shape index (κ1) is 38.2. The second kappa shape index (κ2) is 18.9. The standard InChI is InChI=1S/C29H38Br4N2O8/c1-29(2,19-11-23(30)27(24(31)12-19)42-17-21(40)15-34(3-7-36)4-8-37)20-13-25(32)28(26(33)14-20)43-18-22(41)16-35(5-9-38)6-10-39/h11-14,36-39H,3-10,15-18H2,1-2H3. The second-order valence-corrected chi connectivity index (χ2v) is 13.7. The van der Waals surface area contributed by atoms with Crippen molar-refractivity contribution in [2.24, 2.45) is 0 Å². The van der Waals surface area contributed by atoms with Crippen LogP contribution in [0, 0.1) is 0 Å². The molecule has 0 atom stereocenters. The van der Waals surface area contributed by atoms with Gasteiger partial charge in [-0.1, -0.05) is 13.8 Å². The minimum absolute atomic E-state index is 0.0605. The number of halogens is 4. The van der Waals surface area contributed by atoms with Crippen molar-refractivity contribution in [3.63, 3.8) is 0 Å². The molecule has 10 nitrogen and oxygen atoms in total. The molecule has 0 aliphatic rings. The molecule has 0 bridgehead atoms. The molecule has 4 N–H and O–H groups in total. The van der Waals surface area contributed by atoms with Crippen molar-refractivity contribution in [1.29, 1.82) is 0 Å². The van der Waals surface area contributed by atoms with Crippen LogP contribution in [-0.4, -0.2) is 121 Å². The quantitative estimate of drug-likeness (QED) is 0.157. The first-order valence-electron chi connectivity index (χ1n) is 13.5. The van der Waals surface area contributed by atoms with Gasteiger partial charge in [0.15, 0.2) is 11.6 Å². The molecule has 0 saturated carbocycles. The van der Waals surface area contributed by atoms with E-state index in [4.69, 9.17) is 29.9 Å². The highest BCUT2D eigenvalue weighted by Gasteiger charge is 2.28. The molecular weight excluding hydrogens is 824 g/mol. The maximum atomic E-state index is 12.5. The molecule has 2 rings (SSSR count). The van der Waals surface area contributed by atoms with E-state index < -0.39 is 5.41 Å². The molecule has 2 aromatic rings. The lowest BCUT2D eigenvalue weighted by atomic mass is 9.78. The number of ketones is 2. The van der Waals surface area contributed by atoms with E-state index in [-0.39, 0.29) is 90.5 Å². The van der Waals surface area contributed by atoms with Crippen LogP contribution >= 0.6 is 63.7 Å². The van der Waals surface area contributed by atoms with Crippen molar-refractivity contribution in [2.75, 3.05) is 78.9 Å². The van der Waals surface area contributed by atoms with Gasteiger partial charge in [-0.15, -0.1) is 0 Å². The summed E-state index contributed by atoms with van der Waals surface area (Å²) < 4.78 is 14.3. The lowest BCUT2D eigenvalue weighted by Crippen LogP contribution is -2.36. The molecule has 43 heavy (non-hydrogen) atoms. The molecule has 14 heteroatoms. The first-order chi connectivity index (χ1) is 20.4. The van der Waals surface area contributed by atoms with Crippen LogP contribution in [-0.2, 0) is 15.0 Å². The Bertz CT molecular complexity index is 1080. The summed E-state index contributed by atoms with van der Waals surface area (Å²) in [5.74, 6) is 0.597. The highest BCUT2D eigenvalue weighted by atomic mass is 79.9. The number of aliphatic hydroxyl groups excluding tert-OH is 4. The number of hydrogen-bond acceptors (Lipinski definition) is 10. The predicted molar refractivity (Wildman–Crippen MR) is 178 cm³/mol. The summed E-state index contributed by atoms with van der Waals surface area (Å²) in [5.41, 5.74) is 1.43. The van der Waals surface area contributed by atoms with Gasteiger partial charge in [0.05, 0.1) is 57.4 Å². The van der Waals surface area contributed by atoms with Crippen LogP contribution in [0.5, 0.6) is 11.5 Å². The van der Waals surface area contributed by atoms with Gasteiger partial charge in [0.2, 0.25) is 0 Å². The molecule has 0 heterocycles. The average Bonchev–Trinajstić information content (AvgIpc) is 2.92. The highest BCUT2D eigenvalue weighted by molar-refractivity contribution is 9.11. The number of nitrogens with zero attached hydrogens (tertiary/aromatic N) is 2. The average molecular weight is 862 g/mol. The third-order valence-electron chi connectivity index (χ3n) is 6.66. The molecule has 0 spiro atoms. The zero-order chi connectivity index (χ0) is 32.2. The number of aliphatic hydroxyl groups is 4. The van der Waals surface area contributed by atoms with Crippen molar-refractivity contribution >= 4 is 75.3 Å². The maximum Gasteiger partial charge on any atom is 0.184 e. The number of ether oxygens (including phenoxy) is 2. The smallest absolute Gasteiger partial charge is 0.184 e. The molecule has 0 amide bonds. The van der Waals surface area contributed by atoms with Crippen LogP contribution in [0.3, 0.4) is 0 Å². The number of Topliss-reactive ketones (excluding diaryl/α,β-unsaturated/α-hetero) is 2. The second-order valence-electron chi connectivity index (χ2n) is 10.3. The molecule has 0 aromatic heterocycles. The van der Waals surface area contributed by atoms with Gasteiger partial charge in [-0.05, 0) is 99.1 Å². The Hall–Kier alpha value is -0.940. The van der Waals surface area contributed by atoms with Crippen LogP contribution in [0.4, 0.5) is 0 Å². The SMILES string of the molecule is CC(C)(c1cc(Br)c(OCC(=O)CN(CCO)CCO)c(Br)c1)c1cc(Br)c(OCC(=O)CN(CCO)CCO)c(Br)c1. The molecule has 0 aliphatic carbocycles. The molecule has 2 aromatic carbocycles. The van der Waals surface area contributed by atoms with E-state index in [1.54, 1.807) is 9.80 Å². The third-order valence-corrected chi connectivity index (χ3v) is 9.02. The van der Waals surface area contributed by atoms with Crippen LogP contribution in [0.1, 0.15) is 25.0 Å².